The lowest BCUT2D eigenvalue weighted by Gasteiger charge is -2.35. The fourth-order valence-electron chi connectivity index (χ4n) is 3.45. The lowest BCUT2D eigenvalue weighted by Crippen LogP contribution is -2.58. The predicted molar refractivity (Wildman–Crippen MR) is 121 cm³/mol. The fourth-order valence-corrected chi connectivity index (χ4v) is 3.58. The number of amides is 3. The molecular formula is C23H34ClN3O4. The molecule has 172 valence electrons. The standard InChI is InChI=1S/C23H34ClN3O4/c1-22(2,3)18(26-21(30)31-23(4,5)6)20(29)27-13-7-8-17(27)19(28)25-14-15-9-11-16(24)12-10-15/h9-12,17-18H,7-8,13-14H2,1-6H3,(H,25,28)(H,26,30)/t17-,18?/m0/s1. The number of nitrogens with one attached hydrogen (secondary N) is 2. The van der Waals surface area contributed by atoms with E-state index >= 15 is 0 Å². The van der Waals surface area contributed by atoms with E-state index in [2.05, 4.69) is 10.6 Å². The van der Waals surface area contributed by atoms with Crippen molar-refractivity contribution in [1.82, 2.24) is 15.5 Å². The molecule has 1 heterocycles. The number of hydrogen-bond acceptors (Lipinski definition) is 4. The second-order valence-corrected chi connectivity index (χ2v) is 10.4. The van der Waals surface area contributed by atoms with Crippen LogP contribution >= 0.6 is 11.6 Å². The lowest BCUT2D eigenvalue weighted by atomic mass is 9.85. The first kappa shape index (κ1) is 25.0. The number of alkyl carbamates (subject to hydrolysis) is 1. The Morgan fingerprint density at radius 2 is 1.74 bits per heavy atom. The highest BCUT2D eigenvalue weighted by Crippen LogP contribution is 2.26. The van der Waals surface area contributed by atoms with E-state index in [1.54, 1.807) is 37.8 Å². The first-order valence-electron chi connectivity index (χ1n) is 10.6. The highest BCUT2D eigenvalue weighted by molar-refractivity contribution is 6.30. The Kier molecular flexibility index (Phi) is 7.98. The molecule has 0 spiro atoms. The van der Waals surface area contributed by atoms with E-state index in [9.17, 15) is 14.4 Å². The Bertz CT molecular complexity index is 797. The van der Waals surface area contributed by atoms with Gasteiger partial charge in [0.1, 0.15) is 17.7 Å². The topological polar surface area (TPSA) is 87.7 Å². The zero-order valence-electron chi connectivity index (χ0n) is 19.3. The summed E-state index contributed by atoms with van der Waals surface area (Å²) in [4.78, 5) is 40.1. The quantitative estimate of drug-likeness (QED) is 0.710. The SMILES string of the molecule is CC(C)(C)OC(=O)NC(C(=O)N1CCC[C@H]1C(=O)NCc1ccc(Cl)cc1)C(C)(C)C. The molecule has 2 N–H and O–H groups in total. The van der Waals surface area contributed by atoms with Crippen molar-refractivity contribution in [3.05, 3.63) is 34.9 Å². The van der Waals surface area contributed by atoms with Gasteiger partial charge in [-0.1, -0.05) is 44.5 Å². The molecule has 2 rings (SSSR count). The summed E-state index contributed by atoms with van der Waals surface area (Å²) in [6.45, 7) is 11.7. The van der Waals surface area contributed by atoms with E-state index in [1.807, 2.05) is 32.9 Å². The molecule has 0 radical (unpaired) electrons. The van der Waals surface area contributed by atoms with Gasteiger partial charge < -0.3 is 20.3 Å². The number of carbonyl (C=O) groups is 3. The van der Waals surface area contributed by atoms with Crippen LogP contribution in [0.4, 0.5) is 4.79 Å². The molecule has 0 aromatic heterocycles. The molecule has 0 bridgehead atoms. The Morgan fingerprint density at radius 3 is 2.29 bits per heavy atom. The van der Waals surface area contributed by atoms with Crippen LogP contribution in [0.5, 0.6) is 0 Å². The average Bonchev–Trinajstić information content (AvgIpc) is 3.12. The number of carbonyl (C=O) groups excluding carboxylic acids is 3. The molecule has 2 atom stereocenters. The van der Waals surface area contributed by atoms with Crippen LogP contribution in [0.25, 0.3) is 0 Å². The van der Waals surface area contributed by atoms with Gasteiger partial charge in [-0.25, -0.2) is 4.79 Å². The molecule has 7 nitrogen and oxygen atoms in total. The van der Waals surface area contributed by atoms with Crippen LogP contribution in [0.2, 0.25) is 5.02 Å². The van der Waals surface area contributed by atoms with Crippen molar-refractivity contribution < 1.29 is 19.1 Å². The van der Waals surface area contributed by atoms with E-state index in [0.717, 1.165) is 12.0 Å². The smallest absolute Gasteiger partial charge is 0.408 e. The predicted octanol–water partition coefficient (Wildman–Crippen LogP) is 3.89. The van der Waals surface area contributed by atoms with Crippen LogP contribution in [0.15, 0.2) is 24.3 Å². The van der Waals surface area contributed by atoms with Gasteiger partial charge in [-0.2, -0.15) is 0 Å². The Hall–Kier alpha value is -2.28. The first-order chi connectivity index (χ1) is 14.3. The van der Waals surface area contributed by atoms with Gasteiger partial charge >= 0.3 is 6.09 Å². The second kappa shape index (κ2) is 9.90. The number of benzene rings is 1. The normalized spacial score (nSPS) is 17.8. The van der Waals surface area contributed by atoms with Gasteiger partial charge in [-0.3, -0.25) is 9.59 Å². The number of hydrogen-bond donors (Lipinski definition) is 2. The molecular weight excluding hydrogens is 418 g/mol. The van der Waals surface area contributed by atoms with E-state index in [1.165, 1.54) is 0 Å². The fraction of sp³-hybridized carbons (Fsp3) is 0.609. The lowest BCUT2D eigenvalue weighted by molar-refractivity contribution is -0.142. The zero-order valence-corrected chi connectivity index (χ0v) is 20.0. The van der Waals surface area contributed by atoms with Crippen LogP contribution in [-0.4, -0.2) is 47.0 Å². The largest absolute Gasteiger partial charge is 0.444 e. The minimum Gasteiger partial charge on any atom is -0.444 e. The van der Waals surface area contributed by atoms with E-state index in [4.69, 9.17) is 16.3 Å². The summed E-state index contributed by atoms with van der Waals surface area (Å²) in [5.74, 6) is -0.478. The number of nitrogens with zero attached hydrogens (tertiary/aromatic N) is 1. The summed E-state index contributed by atoms with van der Waals surface area (Å²) in [6.07, 6.45) is 0.666. The molecule has 1 unspecified atom stereocenters. The maximum atomic E-state index is 13.4. The highest BCUT2D eigenvalue weighted by Gasteiger charge is 2.42. The van der Waals surface area contributed by atoms with Crippen molar-refractivity contribution in [2.45, 2.75) is 78.6 Å². The van der Waals surface area contributed by atoms with Crippen molar-refractivity contribution >= 4 is 29.5 Å². The van der Waals surface area contributed by atoms with Crippen molar-refractivity contribution in [3.8, 4) is 0 Å². The zero-order chi connectivity index (χ0) is 23.4. The Balaban J connectivity index is 2.07. The van der Waals surface area contributed by atoms with E-state index in [0.29, 0.717) is 24.5 Å². The molecule has 1 aromatic carbocycles. The number of rotatable bonds is 5. The number of halogens is 1. The van der Waals surface area contributed by atoms with Gasteiger partial charge in [0.05, 0.1) is 0 Å². The number of likely N-dealkylation sites (tertiary alicyclic amines) is 1. The third kappa shape index (κ3) is 7.42. The van der Waals surface area contributed by atoms with Crippen molar-refractivity contribution in [1.29, 1.82) is 0 Å². The van der Waals surface area contributed by atoms with Crippen molar-refractivity contribution in [2.24, 2.45) is 5.41 Å². The molecule has 0 aliphatic carbocycles. The summed E-state index contributed by atoms with van der Waals surface area (Å²) < 4.78 is 5.34. The summed E-state index contributed by atoms with van der Waals surface area (Å²) >= 11 is 5.90. The molecule has 1 fully saturated rings. The molecule has 1 saturated heterocycles. The highest BCUT2D eigenvalue weighted by atomic mass is 35.5. The van der Waals surface area contributed by atoms with Gasteiger partial charge in [0.15, 0.2) is 0 Å². The third-order valence-corrected chi connectivity index (χ3v) is 5.24. The Morgan fingerprint density at radius 1 is 1.13 bits per heavy atom. The van der Waals surface area contributed by atoms with Crippen LogP contribution in [-0.2, 0) is 20.9 Å². The Labute approximate surface area is 189 Å². The third-order valence-electron chi connectivity index (χ3n) is 4.99. The number of ether oxygens (including phenoxy) is 1. The molecule has 31 heavy (non-hydrogen) atoms. The maximum Gasteiger partial charge on any atom is 0.408 e. The minimum atomic E-state index is -0.813. The maximum absolute atomic E-state index is 13.4. The van der Waals surface area contributed by atoms with Crippen molar-refractivity contribution in [3.63, 3.8) is 0 Å². The summed E-state index contributed by atoms with van der Waals surface area (Å²) in [5.41, 5.74) is -0.304. The van der Waals surface area contributed by atoms with Crippen LogP contribution in [0.1, 0.15) is 59.9 Å². The minimum absolute atomic E-state index is 0.203. The van der Waals surface area contributed by atoms with E-state index in [-0.39, 0.29) is 11.8 Å². The summed E-state index contributed by atoms with van der Waals surface area (Å²) in [6, 6.07) is 5.86. The molecule has 3 amide bonds. The van der Waals surface area contributed by atoms with Gasteiger partial charge in [0.25, 0.3) is 0 Å². The monoisotopic (exact) mass is 451 g/mol. The molecule has 1 aliphatic heterocycles. The molecule has 1 aromatic rings. The van der Waals surface area contributed by atoms with Crippen molar-refractivity contribution in [2.75, 3.05) is 6.54 Å². The van der Waals surface area contributed by atoms with Crippen LogP contribution in [0.3, 0.4) is 0 Å². The second-order valence-electron chi connectivity index (χ2n) is 9.98. The van der Waals surface area contributed by atoms with Gasteiger partial charge in [0.2, 0.25) is 11.8 Å². The van der Waals surface area contributed by atoms with Gasteiger partial charge in [-0.15, -0.1) is 0 Å². The average molecular weight is 452 g/mol. The van der Waals surface area contributed by atoms with Gasteiger partial charge in [-0.05, 0) is 56.7 Å². The molecule has 8 heteroatoms. The van der Waals surface area contributed by atoms with Crippen LogP contribution in [0, 0.1) is 5.41 Å². The summed E-state index contributed by atoms with van der Waals surface area (Å²) in [5, 5.41) is 6.26. The molecule has 0 saturated carbocycles. The molecule has 1 aliphatic rings. The first-order valence-corrected chi connectivity index (χ1v) is 11.0. The van der Waals surface area contributed by atoms with Gasteiger partial charge in [0, 0.05) is 18.1 Å². The van der Waals surface area contributed by atoms with E-state index < -0.39 is 29.2 Å². The van der Waals surface area contributed by atoms with Crippen LogP contribution < -0.4 is 10.6 Å². The summed E-state index contributed by atoms with van der Waals surface area (Å²) in [7, 11) is 0.